The molecule has 1 saturated heterocycles. The number of hydrogen-bond donors (Lipinski definition) is 3. The summed E-state index contributed by atoms with van der Waals surface area (Å²) in [6.07, 6.45) is -2.35. The highest BCUT2D eigenvalue weighted by molar-refractivity contribution is 7.99. The van der Waals surface area contributed by atoms with Crippen LogP contribution < -0.4 is 0 Å². The third kappa shape index (κ3) is 4.39. The van der Waals surface area contributed by atoms with E-state index in [0.717, 1.165) is 27.3 Å². The zero-order valence-corrected chi connectivity index (χ0v) is 17.6. The van der Waals surface area contributed by atoms with Gasteiger partial charge in [-0.3, -0.25) is 0 Å². The molecule has 0 unspecified atom stereocenters. The first kappa shape index (κ1) is 22.7. The number of benzene rings is 2. The number of aryl methyl sites for hydroxylation is 1. The molecule has 0 spiro atoms. The van der Waals surface area contributed by atoms with Crippen molar-refractivity contribution in [2.24, 2.45) is 0 Å². The molecular weight excluding hydrogens is 447 g/mol. The number of thioether (sulfide) groups is 1. The van der Waals surface area contributed by atoms with Gasteiger partial charge in [0.25, 0.3) is 0 Å². The Balaban J connectivity index is 1.63. The second-order valence-corrected chi connectivity index (χ2v) is 8.64. The summed E-state index contributed by atoms with van der Waals surface area (Å²) in [5, 5.41) is 39.0. The molecule has 0 bridgehead atoms. The van der Waals surface area contributed by atoms with Crippen molar-refractivity contribution in [3.05, 3.63) is 65.6 Å². The van der Waals surface area contributed by atoms with Crippen LogP contribution in [0.4, 0.5) is 13.2 Å². The largest absolute Gasteiger partial charge is 0.394 e. The van der Waals surface area contributed by atoms with E-state index in [0.29, 0.717) is 0 Å². The Bertz CT molecular complexity index is 1080. The lowest BCUT2D eigenvalue weighted by atomic mass is 9.97. The first-order valence-electron chi connectivity index (χ1n) is 9.71. The van der Waals surface area contributed by atoms with Crippen LogP contribution in [-0.2, 0) is 4.74 Å². The van der Waals surface area contributed by atoms with Gasteiger partial charge in [0.2, 0.25) is 0 Å². The van der Waals surface area contributed by atoms with Gasteiger partial charge in [-0.2, -0.15) is 0 Å². The second kappa shape index (κ2) is 9.20. The van der Waals surface area contributed by atoms with Gasteiger partial charge in [-0.1, -0.05) is 34.7 Å². The van der Waals surface area contributed by atoms with Crippen molar-refractivity contribution in [3.63, 3.8) is 0 Å². The van der Waals surface area contributed by atoms with E-state index < -0.39 is 53.8 Å². The molecule has 1 aliphatic rings. The van der Waals surface area contributed by atoms with Crippen molar-refractivity contribution in [1.82, 2.24) is 15.0 Å². The molecule has 5 atom stereocenters. The molecule has 0 saturated carbocycles. The molecule has 1 aromatic heterocycles. The Hall–Kier alpha value is -2.44. The minimum absolute atomic E-state index is 0.0111. The highest BCUT2D eigenvalue weighted by Crippen LogP contribution is 2.38. The number of aliphatic hydroxyl groups excluding tert-OH is 3. The number of nitrogens with zero attached hydrogens (tertiary/aromatic N) is 3. The van der Waals surface area contributed by atoms with E-state index in [1.807, 2.05) is 31.2 Å². The maximum Gasteiger partial charge on any atom is 0.194 e. The minimum Gasteiger partial charge on any atom is -0.394 e. The van der Waals surface area contributed by atoms with Crippen LogP contribution in [0.3, 0.4) is 0 Å². The maximum atomic E-state index is 13.6. The molecule has 7 nitrogen and oxygen atoms in total. The smallest absolute Gasteiger partial charge is 0.194 e. The fourth-order valence-corrected chi connectivity index (χ4v) is 4.55. The molecule has 3 N–H and O–H groups in total. The third-order valence-corrected chi connectivity index (χ3v) is 6.38. The molecule has 11 heteroatoms. The summed E-state index contributed by atoms with van der Waals surface area (Å²) in [6, 6.07) is 7.99. The Morgan fingerprint density at radius 2 is 1.72 bits per heavy atom. The molecule has 4 rings (SSSR count). The summed E-state index contributed by atoms with van der Waals surface area (Å²) in [5.74, 6) is -4.36. The normalized spacial score (nSPS) is 25.8. The van der Waals surface area contributed by atoms with Crippen LogP contribution in [0, 0.1) is 24.4 Å². The number of aromatic nitrogens is 3. The summed E-state index contributed by atoms with van der Waals surface area (Å²) in [4.78, 5) is 0.808. The van der Waals surface area contributed by atoms with Crippen molar-refractivity contribution in [3.8, 4) is 11.3 Å². The van der Waals surface area contributed by atoms with E-state index in [2.05, 4.69) is 10.3 Å². The van der Waals surface area contributed by atoms with Crippen LogP contribution in [-0.4, -0.2) is 60.7 Å². The fraction of sp³-hybridized carbons (Fsp3) is 0.333. The van der Waals surface area contributed by atoms with Gasteiger partial charge in [-0.05, 0) is 31.2 Å². The Morgan fingerprint density at radius 1 is 1.06 bits per heavy atom. The number of hydrogen-bond acceptors (Lipinski definition) is 7. The van der Waals surface area contributed by atoms with Gasteiger partial charge in [-0.15, -0.1) is 5.10 Å². The van der Waals surface area contributed by atoms with Crippen molar-refractivity contribution >= 4 is 11.8 Å². The van der Waals surface area contributed by atoms with Gasteiger partial charge >= 0.3 is 0 Å². The Labute approximate surface area is 185 Å². The van der Waals surface area contributed by atoms with Crippen molar-refractivity contribution in [2.45, 2.75) is 41.6 Å². The van der Waals surface area contributed by atoms with E-state index in [-0.39, 0.29) is 11.3 Å². The van der Waals surface area contributed by atoms with Gasteiger partial charge in [0, 0.05) is 10.5 Å². The van der Waals surface area contributed by atoms with Gasteiger partial charge < -0.3 is 20.1 Å². The molecule has 3 aromatic rings. The molecule has 32 heavy (non-hydrogen) atoms. The quantitative estimate of drug-likeness (QED) is 0.496. The number of ether oxygens (including phenoxy) is 1. The van der Waals surface area contributed by atoms with Crippen LogP contribution in [0.5, 0.6) is 0 Å². The Morgan fingerprint density at radius 3 is 2.34 bits per heavy atom. The van der Waals surface area contributed by atoms with Gasteiger partial charge in [0.05, 0.1) is 12.8 Å². The van der Waals surface area contributed by atoms with E-state index in [9.17, 15) is 28.5 Å². The minimum atomic E-state index is -1.60. The van der Waals surface area contributed by atoms with Crippen LogP contribution in [0.2, 0.25) is 0 Å². The molecule has 0 aliphatic carbocycles. The first-order valence-corrected chi connectivity index (χ1v) is 10.6. The van der Waals surface area contributed by atoms with Gasteiger partial charge in [0.1, 0.15) is 35.5 Å². The fourth-order valence-electron chi connectivity index (χ4n) is 3.49. The lowest BCUT2D eigenvalue weighted by molar-refractivity contribution is -0.178. The molecule has 2 aromatic carbocycles. The molecule has 170 valence electrons. The average Bonchev–Trinajstić information content (AvgIpc) is 3.25. The molecule has 1 aliphatic heterocycles. The van der Waals surface area contributed by atoms with Crippen molar-refractivity contribution < 1.29 is 33.2 Å². The molecule has 0 radical (unpaired) electrons. The highest BCUT2D eigenvalue weighted by Gasteiger charge is 2.46. The summed E-state index contributed by atoms with van der Waals surface area (Å²) in [7, 11) is 0. The maximum absolute atomic E-state index is 13.6. The number of halogens is 3. The van der Waals surface area contributed by atoms with E-state index in [1.54, 1.807) is 0 Å². The lowest BCUT2D eigenvalue weighted by Gasteiger charge is -2.41. The van der Waals surface area contributed by atoms with E-state index in [1.165, 1.54) is 18.0 Å². The molecule has 1 fully saturated rings. The summed E-state index contributed by atoms with van der Waals surface area (Å²) < 4.78 is 47.3. The van der Waals surface area contributed by atoms with Crippen LogP contribution in [0.25, 0.3) is 11.3 Å². The molecule has 2 heterocycles. The monoisotopic (exact) mass is 467 g/mol. The highest BCUT2D eigenvalue weighted by atomic mass is 32.2. The van der Waals surface area contributed by atoms with E-state index in [4.69, 9.17) is 4.74 Å². The van der Waals surface area contributed by atoms with Gasteiger partial charge in [0.15, 0.2) is 17.5 Å². The van der Waals surface area contributed by atoms with Crippen LogP contribution in [0.15, 0.2) is 47.5 Å². The van der Waals surface area contributed by atoms with Crippen molar-refractivity contribution in [2.75, 3.05) is 6.61 Å². The zero-order chi connectivity index (χ0) is 23.0. The van der Waals surface area contributed by atoms with Gasteiger partial charge in [-0.25, -0.2) is 17.9 Å². The summed E-state index contributed by atoms with van der Waals surface area (Å²) in [6.45, 7) is 1.43. The average molecular weight is 467 g/mol. The Kier molecular flexibility index (Phi) is 6.54. The molecule has 0 amide bonds. The van der Waals surface area contributed by atoms with Crippen molar-refractivity contribution in [1.29, 1.82) is 0 Å². The third-order valence-electron chi connectivity index (χ3n) is 5.22. The SMILES string of the molecule is Cc1ccc(S[C@H]2O[C@H](CO)[C@H](O)[C@H](n3cc(-c4cc(F)c(F)c(F)c4)nn3)[C@H]2O)cc1. The standard InChI is InChI=1S/C21H20F3N3O4S/c1-10-2-4-12(5-3-10)32-21-20(30)18(19(29)16(9-28)31-21)27-8-15(25-26-27)11-6-13(22)17(24)14(23)7-11/h2-8,16,18-21,28-30H,9H2,1H3/t16-,18+,19+,20-,21-/m1/s1. The second-order valence-electron chi connectivity index (χ2n) is 7.47. The zero-order valence-electron chi connectivity index (χ0n) is 16.8. The number of aliphatic hydroxyl groups is 3. The van der Waals surface area contributed by atoms with Crippen LogP contribution >= 0.6 is 11.8 Å². The van der Waals surface area contributed by atoms with Crippen LogP contribution in [0.1, 0.15) is 11.6 Å². The lowest BCUT2D eigenvalue weighted by Crippen LogP contribution is -2.55. The molecular formula is C21H20F3N3O4S. The number of rotatable bonds is 5. The predicted molar refractivity (Wildman–Crippen MR) is 109 cm³/mol. The summed E-state index contributed by atoms with van der Waals surface area (Å²) in [5.41, 5.74) is 0.159. The summed E-state index contributed by atoms with van der Waals surface area (Å²) >= 11 is 1.21. The topological polar surface area (TPSA) is 101 Å². The van der Waals surface area contributed by atoms with E-state index >= 15 is 0 Å². The first-order chi connectivity index (χ1) is 15.3. The predicted octanol–water partition coefficient (Wildman–Crippen LogP) is 2.44.